The van der Waals surface area contributed by atoms with Crippen molar-refractivity contribution < 1.29 is 19.7 Å². The van der Waals surface area contributed by atoms with Crippen LogP contribution in [0.3, 0.4) is 0 Å². The summed E-state index contributed by atoms with van der Waals surface area (Å²) in [5.74, 6) is -0.481. The van der Waals surface area contributed by atoms with E-state index >= 15 is 0 Å². The van der Waals surface area contributed by atoms with Crippen LogP contribution in [0.15, 0.2) is 109 Å². The standard InChI is InChI=1S/C35H29ClN4O3/c36-28-18-12-23(13-19-28)21-30(35(42)43)38-34(41)29-22-32(40-20-6-10-26-9-4-5-11-31(26)40)39-33(37-29)27-16-14-25(15-17-27)24-7-2-1-3-8-24/h1-5,7-9,11-19,22,30H,6,10,20-21H2,(H,38,41)(H,42,43)/p+1/t30-/m1/s1. The van der Waals surface area contributed by atoms with E-state index < -0.39 is 17.9 Å². The summed E-state index contributed by atoms with van der Waals surface area (Å²) >= 11 is 5.99. The van der Waals surface area contributed by atoms with Gasteiger partial charge in [-0.05, 0) is 65.4 Å². The Bertz CT molecular complexity index is 1760. The first-order chi connectivity index (χ1) is 20.9. The number of hydrogen-bond acceptors (Lipinski definition) is 4. The second-order valence-electron chi connectivity index (χ2n) is 10.5. The normalized spacial score (nSPS) is 13.2. The van der Waals surface area contributed by atoms with E-state index in [0.717, 1.165) is 47.3 Å². The first kappa shape index (κ1) is 28.1. The van der Waals surface area contributed by atoms with Crippen molar-refractivity contribution in [1.29, 1.82) is 0 Å². The van der Waals surface area contributed by atoms with Crippen LogP contribution in [0.1, 0.15) is 28.0 Å². The van der Waals surface area contributed by atoms with E-state index in [0.29, 0.717) is 16.7 Å². The number of carbonyl (C=O) groups is 2. The van der Waals surface area contributed by atoms with Gasteiger partial charge in [0.2, 0.25) is 11.5 Å². The number of carboxylic acid groups (broad SMARTS) is 1. The van der Waals surface area contributed by atoms with Gasteiger partial charge in [-0.3, -0.25) is 9.69 Å². The number of nitrogens with zero attached hydrogens (tertiary/aromatic N) is 2. The van der Waals surface area contributed by atoms with E-state index in [2.05, 4.69) is 44.5 Å². The van der Waals surface area contributed by atoms with E-state index in [4.69, 9.17) is 11.6 Å². The van der Waals surface area contributed by atoms with Gasteiger partial charge in [-0.1, -0.05) is 89.4 Å². The number of aliphatic carboxylic acids is 1. The smallest absolute Gasteiger partial charge is 0.326 e. The summed E-state index contributed by atoms with van der Waals surface area (Å²) in [4.78, 5) is 36.1. The van der Waals surface area contributed by atoms with Gasteiger partial charge in [0.1, 0.15) is 11.7 Å². The zero-order valence-electron chi connectivity index (χ0n) is 23.3. The quantitative estimate of drug-likeness (QED) is 0.218. The molecule has 2 heterocycles. The van der Waals surface area contributed by atoms with E-state index in [9.17, 15) is 14.7 Å². The van der Waals surface area contributed by atoms with Gasteiger partial charge < -0.3 is 10.4 Å². The number of aromatic amines is 1. The molecule has 0 bridgehead atoms. The molecule has 0 unspecified atom stereocenters. The summed E-state index contributed by atoms with van der Waals surface area (Å²) in [5, 5.41) is 13.2. The van der Waals surface area contributed by atoms with Gasteiger partial charge in [0.05, 0.1) is 18.2 Å². The highest BCUT2D eigenvalue weighted by molar-refractivity contribution is 6.30. The molecule has 0 aliphatic carbocycles. The molecule has 1 atom stereocenters. The Hall–Kier alpha value is -5.01. The lowest BCUT2D eigenvalue weighted by Crippen LogP contribution is -2.43. The molecular weight excluding hydrogens is 560 g/mol. The Labute approximate surface area is 254 Å². The van der Waals surface area contributed by atoms with Crippen molar-refractivity contribution in [3.63, 3.8) is 0 Å². The highest BCUT2D eigenvalue weighted by atomic mass is 35.5. The van der Waals surface area contributed by atoms with Gasteiger partial charge in [-0.2, -0.15) is 0 Å². The fourth-order valence-electron chi connectivity index (χ4n) is 5.39. The van der Waals surface area contributed by atoms with Crippen molar-refractivity contribution in [3.05, 3.63) is 131 Å². The van der Waals surface area contributed by atoms with E-state index in [-0.39, 0.29) is 12.1 Å². The van der Waals surface area contributed by atoms with Crippen LogP contribution >= 0.6 is 11.6 Å². The van der Waals surface area contributed by atoms with Crippen molar-refractivity contribution in [2.75, 3.05) is 11.4 Å². The number of anilines is 2. The van der Waals surface area contributed by atoms with Gasteiger partial charge in [0.15, 0.2) is 0 Å². The van der Waals surface area contributed by atoms with Crippen LogP contribution in [0.25, 0.3) is 22.5 Å². The average Bonchev–Trinajstić information content (AvgIpc) is 3.05. The SMILES string of the molecule is O=C(N[C@H](Cc1ccc(Cl)cc1)C(=O)O)c1cc(N2CCCc3ccccc32)[nH+]c(-c2ccc(-c3ccccc3)cc2)n1. The molecular formula is C35H30ClN4O3+. The zero-order chi connectivity index (χ0) is 29.8. The summed E-state index contributed by atoms with van der Waals surface area (Å²) in [6.45, 7) is 0.763. The monoisotopic (exact) mass is 589 g/mol. The van der Waals surface area contributed by atoms with E-state index in [1.807, 2.05) is 54.6 Å². The number of carboxylic acids is 1. The third kappa shape index (κ3) is 6.42. The maximum Gasteiger partial charge on any atom is 0.326 e. The number of hydrogen-bond donors (Lipinski definition) is 2. The molecule has 0 saturated carbocycles. The lowest BCUT2D eigenvalue weighted by Gasteiger charge is -2.26. The number of carbonyl (C=O) groups excluding carboxylic acids is 1. The van der Waals surface area contributed by atoms with Gasteiger partial charge in [-0.25, -0.2) is 9.78 Å². The number of H-pyrrole nitrogens is 1. The number of aromatic nitrogens is 2. The van der Waals surface area contributed by atoms with Gasteiger partial charge in [0, 0.05) is 11.4 Å². The molecule has 8 heteroatoms. The number of amides is 1. The molecule has 1 amide bonds. The number of fused-ring (bicyclic) bond motifs is 1. The maximum atomic E-state index is 13.6. The first-order valence-electron chi connectivity index (χ1n) is 14.2. The number of halogens is 1. The lowest BCUT2D eigenvalue weighted by atomic mass is 10.0. The fourth-order valence-corrected chi connectivity index (χ4v) is 5.52. The Morgan fingerprint density at radius 2 is 1.56 bits per heavy atom. The molecule has 0 saturated heterocycles. The summed E-state index contributed by atoms with van der Waals surface area (Å²) in [5.41, 5.74) is 6.14. The predicted molar refractivity (Wildman–Crippen MR) is 167 cm³/mol. The number of para-hydroxylation sites is 1. The molecule has 214 valence electrons. The summed E-state index contributed by atoms with van der Waals surface area (Å²) < 4.78 is 0. The molecule has 0 fully saturated rings. The molecule has 1 aliphatic rings. The highest BCUT2D eigenvalue weighted by Crippen LogP contribution is 2.32. The van der Waals surface area contributed by atoms with Crippen molar-refractivity contribution in [1.82, 2.24) is 10.3 Å². The number of benzene rings is 4. The minimum Gasteiger partial charge on any atom is -0.480 e. The van der Waals surface area contributed by atoms with Gasteiger partial charge >= 0.3 is 5.97 Å². The summed E-state index contributed by atoms with van der Waals surface area (Å²) in [7, 11) is 0. The van der Waals surface area contributed by atoms with Crippen LogP contribution in [-0.2, 0) is 17.6 Å². The Morgan fingerprint density at radius 1 is 0.884 bits per heavy atom. The number of rotatable bonds is 8. The molecule has 0 radical (unpaired) electrons. The number of nitrogens with one attached hydrogen (secondary N) is 2. The minimum atomic E-state index is -1.15. The van der Waals surface area contributed by atoms with Crippen molar-refractivity contribution in [3.8, 4) is 22.5 Å². The third-order valence-electron chi connectivity index (χ3n) is 7.61. The largest absolute Gasteiger partial charge is 0.480 e. The first-order valence-corrected chi connectivity index (χ1v) is 14.6. The molecule has 43 heavy (non-hydrogen) atoms. The molecule has 5 aromatic rings. The minimum absolute atomic E-state index is 0.108. The topological polar surface area (TPSA) is 96.7 Å². The fraction of sp³-hybridized carbons (Fsp3) is 0.143. The highest BCUT2D eigenvalue weighted by Gasteiger charge is 2.29. The van der Waals surface area contributed by atoms with Crippen LogP contribution in [0, 0.1) is 0 Å². The maximum absolute atomic E-state index is 13.6. The van der Waals surface area contributed by atoms with Crippen LogP contribution in [0.4, 0.5) is 11.5 Å². The second kappa shape index (κ2) is 12.5. The molecule has 6 rings (SSSR count). The van der Waals surface area contributed by atoms with Crippen LogP contribution in [-0.4, -0.2) is 34.6 Å². The molecule has 3 N–H and O–H groups in total. The number of aryl methyl sites for hydroxylation is 1. The summed E-state index contributed by atoms with van der Waals surface area (Å²) in [6, 6.07) is 33.8. The van der Waals surface area contributed by atoms with Crippen molar-refractivity contribution >= 4 is 35.0 Å². The zero-order valence-corrected chi connectivity index (χ0v) is 24.1. The van der Waals surface area contributed by atoms with Gasteiger partial charge in [0.25, 0.3) is 11.7 Å². The Morgan fingerprint density at radius 3 is 2.30 bits per heavy atom. The van der Waals surface area contributed by atoms with E-state index in [1.54, 1.807) is 30.3 Å². The van der Waals surface area contributed by atoms with Crippen LogP contribution in [0.2, 0.25) is 5.02 Å². The second-order valence-corrected chi connectivity index (χ2v) is 11.0. The molecule has 7 nitrogen and oxygen atoms in total. The van der Waals surface area contributed by atoms with E-state index in [1.165, 1.54) is 5.56 Å². The average molecular weight is 590 g/mol. The predicted octanol–water partition coefficient (Wildman–Crippen LogP) is 6.39. The van der Waals surface area contributed by atoms with Crippen LogP contribution in [0.5, 0.6) is 0 Å². The molecule has 0 spiro atoms. The molecule has 1 aliphatic heterocycles. The van der Waals surface area contributed by atoms with Crippen molar-refractivity contribution in [2.24, 2.45) is 0 Å². The molecule has 4 aromatic carbocycles. The summed E-state index contributed by atoms with van der Waals surface area (Å²) in [6.07, 6.45) is 2.04. The Balaban J connectivity index is 1.36. The third-order valence-corrected chi connectivity index (χ3v) is 7.86. The lowest BCUT2D eigenvalue weighted by molar-refractivity contribution is -0.354. The van der Waals surface area contributed by atoms with Crippen LogP contribution < -0.4 is 15.2 Å². The molecule has 1 aromatic heterocycles. The van der Waals surface area contributed by atoms with Crippen molar-refractivity contribution in [2.45, 2.75) is 25.3 Å². The van der Waals surface area contributed by atoms with Gasteiger partial charge in [-0.15, -0.1) is 0 Å². The Kier molecular flexibility index (Phi) is 8.16.